The van der Waals surface area contributed by atoms with Crippen molar-refractivity contribution in [3.63, 3.8) is 0 Å². The van der Waals surface area contributed by atoms with E-state index in [0.29, 0.717) is 17.7 Å². The lowest BCUT2D eigenvalue weighted by Crippen LogP contribution is -2.47. The van der Waals surface area contributed by atoms with Gasteiger partial charge in [0.05, 0.1) is 24.4 Å². The lowest BCUT2D eigenvalue weighted by atomic mass is 9.64. The van der Waals surface area contributed by atoms with E-state index in [9.17, 15) is 4.79 Å². The number of aromatic nitrogens is 5. The van der Waals surface area contributed by atoms with E-state index < -0.39 is 0 Å². The minimum Gasteiger partial charge on any atom is -0.374 e. The van der Waals surface area contributed by atoms with Gasteiger partial charge < -0.3 is 9.64 Å². The van der Waals surface area contributed by atoms with Crippen LogP contribution in [-0.2, 0) is 18.4 Å². The fourth-order valence-corrected chi connectivity index (χ4v) is 6.19. The molecule has 1 aliphatic carbocycles. The van der Waals surface area contributed by atoms with Crippen LogP contribution in [0, 0.1) is 5.41 Å². The molecule has 194 valence electrons. The maximum Gasteiger partial charge on any atom is 0.330 e. The molecule has 3 aromatic heterocycles. The van der Waals surface area contributed by atoms with Crippen molar-refractivity contribution in [1.29, 1.82) is 0 Å². The molecule has 1 aromatic carbocycles. The number of benzene rings is 1. The summed E-state index contributed by atoms with van der Waals surface area (Å²) >= 11 is 0. The maximum atomic E-state index is 12.8. The van der Waals surface area contributed by atoms with Crippen LogP contribution in [0.2, 0.25) is 0 Å². The highest BCUT2D eigenvalue weighted by Gasteiger charge is 2.40. The van der Waals surface area contributed by atoms with Gasteiger partial charge in [0.1, 0.15) is 5.52 Å². The molecule has 0 amide bonds. The lowest BCUT2D eigenvalue weighted by Gasteiger charge is -2.49. The molecule has 1 saturated heterocycles. The molecule has 2 aliphatic rings. The summed E-state index contributed by atoms with van der Waals surface area (Å²) in [7, 11) is 1.75. The predicted octanol–water partition coefficient (Wildman–Crippen LogP) is 4.71. The molecule has 8 heteroatoms. The van der Waals surface area contributed by atoms with Crippen molar-refractivity contribution in [3.8, 4) is 11.1 Å². The van der Waals surface area contributed by atoms with E-state index in [0.717, 1.165) is 46.4 Å². The zero-order valence-electron chi connectivity index (χ0n) is 22.1. The third kappa shape index (κ3) is 4.46. The van der Waals surface area contributed by atoms with Gasteiger partial charge in [-0.25, -0.2) is 4.79 Å². The zero-order chi connectivity index (χ0) is 25.6. The van der Waals surface area contributed by atoms with Crippen molar-refractivity contribution in [3.05, 3.63) is 52.7 Å². The van der Waals surface area contributed by atoms with Gasteiger partial charge in [0.25, 0.3) is 0 Å². The fourth-order valence-electron chi connectivity index (χ4n) is 6.19. The van der Waals surface area contributed by atoms with Gasteiger partial charge in [-0.3, -0.25) is 14.1 Å². The third-order valence-corrected chi connectivity index (χ3v) is 8.40. The third-order valence-electron chi connectivity index (χ3n) is 8.40. The quantitative estimate of drug-likeness (QED) is 0.342. The Hall–Kier alpha value is -3.10. The van der Waals surface area contributed by atoms with Gasteiger partial charge in [0.15, 0.2) is 5.65 Å². The molecule has 6 rings (SSSR count). The molecule has 0 bridgehead atoms. The molecule has 37 heavy (non-hydrogen) atoms. The van der Waals surface area contributed by atoms with Crippen molar-refractivity contribution in [2.24, 2.45) is 12.5 Å². The number of pyridine rings is 1. The molecule has 1 aliphatic heterocycles. The first kappa shape index (κ1) is 24.2. The summed E-state index contributed by atoms with van der Waals surface area (Å²) < 4.78 is 9.36. The number of imidazole rings is 1. The van der Waals surface area contributed by atoms with Gasteiger partial charge in [-0.15, -0.1) is 10.2 Å². The Morgan fingerprint density at radius 1 is 1.05 bits per heavy atom. The van der Waals surface area contributed by atoms with Crippen LogP contribution in [0.1, 0.15) is 57.7 Å². The van der Waals surface area contributed by atoms with E-state index >= 15 is 0 Å². The highest BCUT2D eigenvalue weighted by Crippen LogP contribution is 2.47. The van der Waals surface area contributed by atoms with E-state index in [2.05, 4.69) is 32.2 Å². The second-order valence-corrected chi connectivity index (χ2v) is 11.2. The highest BCUT2D eigenvalue weighted by molar-refractivity contribution is 6.02. The van der Waals surface area contributed by atoms with Gasteiger partial charge in [0.2, 0.25) is 0 Å². The molecular weight excluding hydrogens is 464 g/mol. The van der Waals surface area contributed by atoms with Crippen molar-refractivity contribution < 1.29 is 4.74 Å². The van der Waals surface area contributed by atoms with Crippen LogP contribution in [0.15, 0.2) is 41.3 Å². The van der Waals surface area contributed by atoms with Crippen molar-refractivity contribution >= 4 is 22.1 Å². The smallest absolute Gasteiger partial charge is 0.330 e. The largest absolute Gasteiger partial charge is 0.374 e. The number of likely N-dealkylation sites (tertiary alicyclic amines) is 1. The number of nitrogens with zero attached hydrogens (tertiary/aromatic N) is 6. The number of fused-ring (bicyclic) bond motifs is 3. The maximum absolute atomic E-state index is 12.8. The summed E-state index contributed by atoms with van der Waals surface area (Å²) in [5.74, 6) is 0. The summed E-state index contributed by atoms with van der Waals surface area (Å²) in [5, 5.41) is 9.61. The van der Waals surface area contributed by atoms with E-state index in [1.807, 2.05) is 38.2 Å². The average molecular weight is 501 g/mol. The first-order valence-corrected chi connectivity index (χ1v) is 13.6. The molecule has 0 atom stereocenters. The molecule has 0 N–H and O–H groups in total. The standard InChI is InChI=1S/C29H36N6O2/c1-20(2)35-26-24-16-21(7-9-25(24)31-32-27(26)33(3)28(35)36)22-6-8-23(30-17-22)18-37-15-14-34-13-5-12-29(19-34)10-4-11-29/h6-9,16-17,20H,4-5,10-15,18-19H2,1-3H3. The fraction of sp³-hybridized carbons (Fsp3) is 0.517. The Morgan fingerprint density at radius 3 is 2.59 bits per heavy atom. The van der Waals surface area contributed by atoms with Crippen molar-refractivity contribution in [1.82, 2.24) is 29.2 Å². The topological polar surface area (TPSA) is 78.1 Å². The second kappa shape index (κ2) is 9.65. The minimum atomic E-state index is -0.0777. The first-order valence-electron chi connectivity index (χ1n) is 13.6. The Labute approximate surface area is 217 Å². The minimum absolute atomic E-state index is 0.0162. The number of rotatable bonds is 7. The highest BCUT2D eigenvalue weighted by atomic mass is 16.5. The van der Waals surface area contributed by atoms with Gasteiger partial charge in [-0.2, -0.15) is 0 Å². The summed E-state index contributed by atoms with van der Waals surface area (Å²) in [4.78, 5) is 20.1. The molecule has 1 spiro atoms. The number of piperidine rings is 1. The van der Waals surface area contributed by atoms with Gasteiger partial charge in [0, 0.05) is 43.3 Å². The van der Waals surface area contributed by atoms with Gasteiger partial charge in [-0.05, 0) is 75.3 Å². The Kier molecular flexibility index (Phi) is 6.32. The molecule has 2 fully saturated rings. The van der Waals surface area contributed by atoms with E-state index in [1.54, 1.807) is 16.2 Å². The van der Waals surface area contributed by atoms with Crippen LogP contribution in [0.25, 0.3) is 33.2 Å². The van der Waals surface area contributed by atoms with Gasteiger partial charge >= 0.3 is 5.69 Å². The van der Waals surface area contributed by atoms with Gasteiger partial charge in [-0.1, -0.05) is 18.6 Å². The summed E-state index contributed by atoms with van der Waals surface area (Å²) in [6.07, 6.45) is 8.89. The average Bonchev–Trinajstić information content (AvgIpc) is 3.16. The molecule has 0 unspecified atom stereocenters. The number of aryl methyl sites for hydroxylation is 1. The van der Waals surface area contributed by atoms with Crippen molar-refractivity contribution in [2.45, 2.75) is 58.6 Å². The van der Waals surface area contributed by atoms with Crippen LogP contribution < -0.4 is 5.69 Å². The van der Waals surface area contributed by atoms with Crippen LogP contribution in [0.3, 0.4) is 0 Å². The Balaban J connectivity index is 1.15. The Bertz CT molecular complexity index is 1480. The van der Waals surface area contributed by atoms with Crippen molar-refractivity contribution in [2.75, 3.05) is 26.2 Å². The Morgan fingerprint density at radius 2 is 1.86 bits per heavy atom. The second-order valence-electron chi connectivity index (χ2n) is 11.2. The molecule has 8 nitrogen and oxygen atoms in total. The summed E-state index contributed by atoms with van der Waals surface area (Å²) in [6, 6.07) is 10.2. The lowest BCUT2D eigenvalue weighted by molar-refractivity contribution is 0.00315. The summed E-state index contributed by atoms with van der Waals surface area (Å²) in [5.41, 5.74) is 5.72. The van der Waals surface area contributed by atoms with E-state index in [-0.39, 0.29) is 11.7 Å². The molecule has 4 aromatic rings. The number of ether oxygens (including phenoxy) is 1. The van der Waals surface area contributed by atoms with E-state index in [4.69, 9.17) is 4.74 Å². The molecule has 1 saturated carbocycles. The number of hydrogen-bond donors (Lipinski definition) is 0. The molecular formula is C29H36N6O2. The normalized spacial score (nSPS) is 17.7. The van der Waals surface area contributed by atoms with Crippen LogP contribution >= 0.6 is 0 Å². The molecule has 4 heterocycles. The summed E-state index contributed by atoms with van der Waals surface area (Å²) in [6.45, 7) is 8.77. The van der Waals surface area contributed by atoms with Crippen LogP contribution in [0.4, 0.5) is 0 Å². The van der Waals surface area contributed by atoms with E-state index in [1.165, 1.54) is 45.2 Å². The number of hydrogen-bond acceptors (Lipinski definition) is 6. The first-order chi connectivity index (χ1) is 17.9. The van der Waals surface area contributed by atoms with Crippen LogP contribution in [-0.4, -0.2) is 55.5 Å². The predicted molar refractivity (Wildman–Crippen MR) is 146 cm³/mol. The monoisotopic (exact) mass is 500 g/mol. The molecule has 0 radical (unpaired) electrons. The SMILES string of the molecule is CC(C)n1c(=O)n(C)c2nnc3ccc(-c4ccc(COCCN5CCCC6(CCC6)C5)nc4)cc3c21. The zero-order valence-corrected chi connectivity index (χ0v) is 22.1. The van der Waals surface area contributed by atoms with Crippen LogP contribution in [0.5, 0.6) is 0 Å².